The second kappa shape index (κ2) is 7.50. The third kappa shape index (κ3) is 3.49. The van der Waals surface area contributed by atoms with Crippen molar-refractivity contribution in [2.75, 3.05) is 33.4 Å². The van der Waals surface area contributed by atoms with Crippen molar-refractivity contribution in [1.29, 1.82) is 0 Å². The second-order valence-electron chi connectivity index (χ2n) is 5.98. The summed E-state index contributed by atoms with van der Waals surface area (Å²) in [6.45, 7) is 4.09. The predicted molar refractivity (Wildman–Crippen MR) is 103 cm³/mol. The van der Waals surface area contributed by atoms with Crippen LogP contribution in [0.1, 0.15) is 18.5 Å². The summed E-state index contributed by atoms with van der Waals surface area (Å²) in [5.41, 5.74) is 2.06. The number of thiocarbonyl (C=S) groups is 1. The Balaban J connectivity index is 2.09. The first-order valence-corrected chi connectivity index (χ1v) is 9.14. The molecule has 1 aromatic rings. The van der Waals surface area contributed by atoms with Crippen LogP contribution in [-0.2, 0) is 9.53 Å². The van der Waals surface area contributed by atoms with Crippen LogP contribution >= 0.6 is 35.4 Å². The fourth-order valence-corrected chi connectivity index (χ4v) is 3.92. The summed E-state index contributed by atoms with van der Waals surface area (Å²) in [7, 11) is 1.84. The van der Waals surface area contributed by atoms with E-state index >= 15 is 0 Å². The van der Waals surface area contributed by atoms with E-state index in [2.05, 4.69) is 5.32 Å². The largest absolute Gasteiger partial charge is 0.378 e. The highest BCUT2D eigenvalue weighted by atomic mass is 35.5. The van der Waals surface area contributed by atoms with E-state index in [-0.39, 0.29) is 5.91 Å². The monoisotopic (exact) mass is 399 g/mol. The van der Waals surface area contributed by atoms with Gasteiger partial charge in [0.15, 0.2) is 5.11 Å². The maximum atomic E-state index is 13.2. The molecule has 134 valence electrons. The molecule has 5 nitrogen and oxygen atoms in total. The number of hydrogen-bond acceptors (Lipinski definition) is 3. The molecule has 0 aliphatic carbocycles. The Labute approximate surface area is 162 Å². The molecule has 1 N–H and O–H groups in total. The molecule has 1 saturated heterocycles. The number of rotatable bonds is 2. The number of benzene rings is 1. The zero-order valence-corrected chi connectivity index (χ0v) is 16.3. The van der Waals surface area contributed by atoms with Gasteiger partial charge in [-0.15, -0.1) is 0 Å². The van der Waals surface area contributed by atoms with Crippen molar-refractivity contribution < 1.29 is 9.53 Å². The highest BCUT2D eigenvalue weighted by Gasteiger charge is 2.36. The Bertz CT molecular complexity index is 727. The van der Waals surface area contributed by atoms with E-state index < -0.39 is 6.04 Å². The van der Waals surface area contributed by atoms with Gasteiger partial charge in [-0.05, 0) is 31.3 Å². The van der Waals surface area contributed by atoms with Gasteiger partial charge in [-0.3, -0.25) is 4.79 Å². The van der Waals surface area contributed by atoms with Crippen molar-refractivity contribution in [2.45, 2.75) is 13.0 Å². The lowest BCUT2D eigenvalue weighted by atomic mass is 9.93. The third-order valence-corrected chi connectivity index (χ3v) is 5.62. The average molecular weight is 400 g/mol. The molecular formula is C17H19Cl2N3O2S. The first-order valence-electron chi connectivity index (χ1n) is 7.97. The summed E-state index contributed by atoms with van der Waals surface area (Å²) in [5, 5.41) is 4.74. The molecule has 3 rings (SSSR count). The summed E-state index contributed by atoms with van der Waals surface area (Å²) < 4.78 is 5.35. The second-order valence-corrected chi connectivity index (χ2v) is 7.18. The molecule has 2 aliphatic rings. The van der Waals surface area contributed by atoms with Crippen LogP contribution in [0, 0.1) is 0 Å². The van der Waals surface area contributed by atoms with Crippen molar-refractivity contribution in [3.8, 4) is 0 Å². The standard InChI is InChI=1S/C17H19Cl2N3O2S/c1-10-13(16(23)22-6-8-24-9-7-22)15(20-17(25)21(10)2)14-11(18)4-3-5-12(14)19/h3-5,15H,6-9H2,1-2H3,(H,20,25). The maximum absolute atomic E-state index is 13.2. The molecule has 0 saturated carbocycles. The number of halogens is 2. The molecule has 0 spiro atoms. The average Bonchev–Trinajstić information content (AvgIpc) is 2.60. The number of nitrogens with one attached hydrogen (secondary N) is 1. The molecule has 1 atom stereocenters. The Kier molecular flexibility index (Phi) is 5.53. The van der Waals surface area contributed by atoms with Gasteiger partial charge in [-0.1, -0.05) is 29.3 Å². The lowest BCUT2D eigenvalue weighted by Gasteiger charge is -2.38. The topological polar surface area (TPSA) is 44.8 Å². The van der Waals surface area contributed by atoms with Crippen molar-refractivity contribution in [2.24, 2.45) is 0 Å². The van der Waals surface area contributed by atoms with Crippen LogP contribution < -0.4 is 5.32 Å². The van der Waals surface area contributed by atoms with E-state index in [1.54, 1.807) is 28.0 Å². The zero-order valence-electron chi connectivity index (χ0n) is 14.0. The number of morpholine rings is 1. The van der Waals surface area contributed by atoms with Crippen LogP contribution in [0.2, 0.25) is 10.0 Å². The number of allylic oxidation sites excluding steroid dienone is 1. The van der Waals surface area contributed by atoms with E-state index in [9.17, 15) is 4.79 Å². The smallest absolute Gasteiger partial charge is 0.254 e. The number of carbonyl (C=O) groups excluding carboxylic acids is 1. The first kappa shape index (κ1) is 18.5. The minimum atomic E-state index is -0.486. The van der Waals surface area contributed by atoms with Crippen LogP contribution in [0.15, 0.2) is 29.5 Å². The van der Waals surface area contributed by atoms with Gasteiger partial charge in [0.25, 0.3) is 5.91 Å². The summed E-state index contributed by atoms with van der Waals surface area (Å²) in [6.07, 6.45) is 0. The summed E-state index contributed by atoms with van der Waals surface area (Å²) >= 11 is 18.2. The van der Waals surface area contributed by atoms with Crippen molar-refractivity contribution in [3.63, 3.8) is 0 Å². The summed E-state index contributed by atoms with van der Waals surface area (Å²) in [4.78, 5) is 16.8. The molecule has 2 heterocycles. The number of nitrogens with zero attached hydrogens (tertiary/aromatic N) is 2. The van der Waals surface area contributed by atoms with Gasteiger partial charge in [0.05, 0.1) is 24.8 Å². The molecule has 25 heavy (non-hydrogen) atoms. The SMILES string of the molecule is CC1=C(C(=O)N2CCOCC2)C(c2c(Cl)cccc2Cl)NC(=S)N1C. The molecule has 0 bridgehead atoms. The molecule has 1 aromatic carbocycles. The highest BCUT2D eigenvalue weighted by Crippen LogP contribution is 2.38. The Morgan fingerprint density at radius 3 is 2.48 bits per heavy atom. The van der Waals surface area contributed by atoms with Crippen molar-refractivity contribution in [3.05, 3.63) is 45.1 Å². The fraction of sp³-hybridized carbons (Fsp3) is 0.412. The number of carbonyl (C=O) groups is 1. The van der Waals surface area contributed by atoms with Gasteiger partial charge < -0.3 is 19.9 Å². The zero-order chi connectivity index (χ0) is 18.1. The van der Waals surface area contributed by atoms with E-state index in [1.807, 2.05) is 14.0 Å². The maximum Gasteiger partial charge on any atom is 0.254 e. The number of amides is 1. The normalized spacial score (nSPS) is 21.4. The van der Waals surface area contributed by atoms with E-state index in [4.69, 9.17) is 40.2 Å². The van der Waals surface area contributed by atoms with Crippen LogP contribution in [0.4, 0.5) is 0 Å². The molecule has 1 amide bonds. The number of ether oxygens (including phenoxy) is 1. The Hall–Kier alpha value is -1.34. The van der Waals surface area contributed by atoms with E-state index in [1.165, 1.54) is 0 Å². The third-order valence-electron chi connectivity index (χ3n) is 4.57. The fourth-order valence-electron chi connectivity index (χ4n) is 3.05. The minimum Gasteiger partial charge on any atom is -0.378 e. The van der Waals surface area contributed by atoms with E-state index in [0.717, 1.165) is 5.70 Å². The Morgan fingerprint density at radius 2 is 1.88 bits per heavy atom. The van der Waals surface area contributed by atoms with Gasteiger partial charge in [0.1, 0.15) is 0 Å². The van der Waals surface area contributed by atoms with Gasteiger partial charge in [0.2, 0.25) is 0 Å². The van der Waals surface area contributed by atoms with Gasteiger partial charge in [-0.2, -0.15) is 0 Å². The van der Waals surface area contributed by atoms with Crippen LogP contribution in [-0.4, -0.2) is 54.2 Å². The van der Waals surface area contributed by atoms with Crippen LogP contribution in [0.3, 0.4) is 0 Å². The molecule has 8 heteroatoms. The van der Waals surface area contributed by atoms with Crippen LogP contribution in [0.25, 0.3) is 0 Å². The van der Waals surface area contributed by atoms with Gasteiger partial charge in [-0.25, -0.2) is 0 Å². The van der Waals surface area contributed by atoms with Crippen molar-refractivity contribution in [1.82, 2.24) is 15.1 Å². The molecular weight excluding hydrogens is 381 g/mol. The summed E-state index contributed by atoms with van der Waals surface area (Å²) in [5.74, 6) is -0.0522. The van der Waals surface area contributed by atoms with Gasteiger partial charge >= 0.3 is 0 Å². The van der Waals surface area contributed by atoms with E-state index in [0.29, 0.717) is 52.6 Å². The molecule has 0 aromatic heterocycles. The lowest BCUT2D eigenvalue weighted by molar-refractivity contribution is -0.131. The minimum absolute atomic E-state index is 0.0522. The molecule has 0 radical (unpaired) electrons. The lowest BCUT2D eigenvalue weighted by Crippen LogP contribution is -2.50. The highest BCUT2D eigenvalue weighted by molar-refractivity contribution is 7.80. The summed E-state index contributed by atoms with van der Waals surface area (Å²) in [6, 6.07) is 4.82. The Morgan fingerprint density at radius 1 is 1.28 bits per heavy atom. The molecule has 1 fully saturated rings. The quantitative estimate of drug-likeness (QED) is 0.774. The van der Waals surface area contributed by atoms with Gasteiger partial charge in [0, 0.05) is 41.4 Å². The van der Waals surface area contributed by atoms with Crippen molar-refractivity contribution >= 4 is 46.4 Å². The first-order chi connectivity index (χ1) is 11.9. The van der Waals surface area contributed by atoms with Crippen LogP contribution in [0.5, 0.6) is 0 Å². The molecule has 1 unspecified atom stereocenters. The number of hydrogen-bond donors (Lipinski definition) is 1. The molecule has 2 aliphatic heterocycles. The predicted octanol–water partition coefficient (Wildman–Crippen LogP) is 2.99.